The van der Waals surface area contributed by atoms with E-state index in [4.69, 9.17) is 24.9 Å². The topological polar surface area (TPSA) is 89.2 Å². The van der Waals surface area contributed by atoms with Crippen LogP contribution in [-0.2, 0) is 0 Å². The lowest BCUT2D eigenvalue weighted by atomic mass is 9.67. The molecule has 3 aliphatic rings. The Morgan fingerprint density at radius 3 is 2.09 bits per heavy atom. The molecule has 0 saturated heterocycles. The number of amidine groups is 1. The Balaban J connectivity index is 1.21. The van der Waals surface area contributed by atoms with Gasteiger partial charge in [-0.25, -0.2) is 24.9 Å². The number of allylic oxidation sites excluding steroid dienone is 14. The Labute approximate surface area is 337 Å². The fourth-order valence-electron chi connectivity index (χ4n) is 7.64. The summed E-state index contributed by atoms with van der Waals surface area (Å²) >= 11 is 0. The van der Waals surface area contributed by atoms with Crippen LogP contribution in [0.25, 0.3) is 28.4 Å². The predicted octanol–water partition coefficient (Wildman–Crippen LogP) is 11.9. The lowest BCUT2D eigenvalue weighted by molar-refractivity contribution is 0.383. The van der Waals surface area contributed by atoms with E-state index in [2.05, 4.69) is 109 Å². The second-order valence-electron chi connectivity index (χ2n) is 14.3. The van der Waals surface area contributed by atoms with E-state index in [1.165, 1.54) is 11.1 Å². The highest BCUT2D eigenvalue weighted by atomic mass is 15.0. The molecular formula is C50H49N7. The van der Waals surface area contributed by atoms with Gasteiger partial charge in [0.25, 0.3) is 0 Å². The molecule has 4 aromatic rings. The van der Waals surface area contributed by atoms with Gasteiger partial charge in [0.15, 0.2) is 23.3 Å². The molecular weight excluding hydrogens is 699 g/mol. The molecule has 0 atom stereocenters. The summed E-state index contributed by atoms with van der Waals surface area (Å²) in [5, 5.41) is 0. The lowest BCUT2D eigenvalue weighted by Crippen LogP contribution is -2.25. The van der Waals surface area contributed by atoms with E-state index in [0.717, 1.165) is 84.3 Å². The molecule has 0 spiro atoms. The van der Waals surface area contributed by atoms with Crippen molar-refractivity contribution in [3.63, 3.8) is 0 Å². The molecule has 0 N–H and O–H groups in total. The molecule has 0 bridgehead atoms. The summed E-state index contributed by atoms with van der Waals surface area (Å²) in [6.45, 7) is 10.9. The van der Waals surface area contributed by atoms with Crippen molar-refractivity contribution >= 4 is 28.4 Å². The molecule has 0 fully saturated rings. The summed E-state index contributed by atoms with van der Waals surface area (Å²) in [6.07, 6.45) is 34.4. The average Bonchev–Trinajstić information content (AvgIpc) is 3.53. The first-order valence-electron chi connectivity index (χ1n) is 20.0. The highest BCUT2D eigenvalue weighted by molar-refractivity contribution is 6.13. The van der Waals surface area contributed by atoms with Gasteiger partial charge in [-0.2, -0.15) is 0 Å². The fraction of sp³-hybridized carbons (Fsp3) is 0.220. The van der Waals surface area contributed by atoms with Gasteiger partial charge in [0.1, 0.15) is 5.69 Å². The molecule has 0 unspecified atom stereocenters. The number of rotatable bonds is 11. The lowest BCUT2D eigenvalue weighted by Gasteiger charge is -2.37. The molecule has 3 aromatic heterocycles. The van der Waals surface area contributed by atoms with E-state index in [0.29, 0.717) is 29.0 Å². The van der Waals surface area contributed by atoms with Gasteiger partial charge in [-0.15, -0.1) is 0 Å². The van der Waals surface area contributed by atoms with Crippen molar-refractivity contribution in [1.82, 2.24) is 24.9 Å². The van der Waals surface area contributed by atoms with E-state index in [1.54, 1.807) is 12.4 Å². The van der Waals surface area contributed by atoms with Crippen molar-refractivity contribution in [3.8, 4) is 11.5 Å². The van der Waals surface area contributed by atoms with Crippen molar-refractivity contribution in [2.24, 2.45) is 15.4 Å². The Morgan fingerprint density at radius 1 is 0.667 bits per heavy atom. The van der Waals surface area contributed by atoms with Gasteiger partial charge in [-0.3, -0.25) is 9.97 Å². The van der Waals surface area contributed by atoms with Crippen molar-refractivity contribution < 1.29 is 0 Å². The Kier molecular flexibility index (Phi) is 12.6. The first-order valence-corrected chi connectivity index (χ1v) is 20.0. The number of pyridine rings is 2. The van der Waals surface area contributed by atoms with Gasteiger partial charge in [0, 0.05) is 40.2 Å². The van der Waals surface area contributed by atoms with E-state index in [-0.39, 0.29) is 5.41 Å². The third-order valence-corrected chi connectivity index (χ3v) is 10.8. The summed E-state index contributed by atoms with van der Waals surface area (Å²) in [5.41, 5.74) is 9.59. The van der Waals surface area contributed by atoms with Gasteiger partial charge in [0.2, 0.25) is 0 Å². The number of hydrogen-bond acceptors (Lipinski definition) is 6. The predicted molar refractivity (Wildman–Crippen MR) is 236 cm³/mol. The highest BCUT2D eigenvalue weighted by Gasteiger charge is 2.34. The number of hydrogen-bond donors (Lipinski definition) is 0. The quantitative estimate of drug-likeness (QED) is 0.0866. The Morgan fingerprint density at radius 2 is 1.37 bits per heavy atom. The molecule has 0 saturated carbocycles. The van der Waals surface area contributed by atoms with Crippen LogP contribution in [0.3, 0.4) is 0 Å². The summed E-state index contributed by atoms with van der Waals surface area (Å²) < 4.78 is 0. The largest absolute Gasteiger partial charge is 0.255 e. The zero-order chi connectivity index (χ0) is 39.5. The minimum atomic E-state index is -0.112. The molecule has 0 radical (unpaired) electrons. The average molecular weight is 748 g/mol. The standard InChI is InChI=1S/C50H49N7/c1-5-50(6-2,43-29-19-26-41(32-33-43)48-55-47(39-22-11-8-12-23-39)56-49(57-48)45-31-14-16-35-52-45)42-27-17-24-40(25-18-28-42)46(53-36(3)38-20-9-7-10-21-38)54-37(4)44-30-13-15-34-51-44/h7,9-11,13-17,19-26,28,30-35H,4-6,8,12,18,27,29H2,1-3H3/b24-17?,40-25?,42-28+,53-36?,54-46?. The van der Waals surface area contributed by atoms with Crippen molar-refractivity contribution in [3.05, 3.63) is 192 Å². The van der Waals surface area contributed by atoms with Crippen LogP contribution in [0.2, 0.25) is 0 Å². The van der Waals surface area contributed by atoms with Crippen LogP contribution in [0.5, 0.6) is 0 Å². The molecule has 57 heavy (non-hydrogen) atoms. The van der Waals surface area contributed by atoms with Crippen LogP contribution in [0.4, 0.5) is 0 Å². The third kappa shape index (κ3) is 9.16. The van der Waals surface area contributed by atoms with Gasteiger partial charge < -0.3 is 0 Å². The van der Waals surface area contributed by atoms with Gasteiger partial charge in [0.05, 0.1) is 11.4 Å². The van der Waals surface area contributed by atoms with E-state index >= 15 is 0 Å². The molecule has 7 nitrogen and oxygen atoms in total. The summed E-state index contributed by atoms with van der Waals surface area (Å²) in [7, 11) is 0. The van der Waals surface area contributed by atoms with Crippen LogP contribution in [0.15, 0.2) is 179 Å². The van der Waals surface area contributed by atoms with Crippen molar-refractivity contribution in [2.75, 3.05) is 0 Å². The van der Waals surface area contributed by atoms with Gasteiger partial charge in [-0.05, 0) is 81.7 Å². The highest BCUT2D eigenvalue weighted by Crippen LogP contribution is 2.47. The molecule has 3 aliphatic carbocycles. The number of benzene rings is 1. The van der Waals surface area contributed by atoms with Crippen LogP contribution in [0, 0.1) is 5.41 Å². The number of nitrogens with zero attached hydrogens (tertiary/aromatic N) is 7. The maximum atomic E-state index is 5.07. The maximum Gasteiger partial charge on any atom is 0.182 e. The Hall–Kier alpha value is -6.47. The van der Waals surface area contributed by atoms with Crippen LogP contribution in [-0.4, -0.2) is 36.5 Å². The molecule has 0 amide bonds. The second-order valence-corrected chi connectivity index (χ2v) is 14.3. The second kappa shape index (κ2) is 18.4. The van der Waals surface area contributed by atoms with E-state index < -0.39 is 0 Å². The van der Waals surface area contributed by atoms with Gasteiger partial charge in [-0.1, -0.05) is 141 Å². The van der Waals surface area contributed by atoms with Crippen molar-refractivity contribution in [2.45, 2.75) is 65.7 Å². The summed E-state index contributed by atoms with van der Waals surface area (Å²) in [5.74, 6) is 2.51. The smallest absolute Gasteiger partial charge is 0.182 e. The van der Waals surface area contributed by atoms with Crippen LogP contribution < -0.4 is 0 Å². The molecule has 1 aromatic carbocycles. The molecule has 7 heteroatoms. The molecule has 3 heterocycles. The SMILES string of the molecule is C=C(N=C(N=C(C)c1ccccc1)C1=CC/C=C(/C(CC)(CC)C2=CC=C(c3nc(C4=CCCC=C4)nc(-c4ccccn4)n3)C=CC2)CC=C1)c1ccccn1. The third-order valence-electron chi connectivity index (χ3n) is 10.8. The minimum Gasteiger partial charge on any atom is -0.255 e. The monoisotopic (exact) mass is 747 g/mol. The molecule has 0 aliphatic heterocycles. The van der Waals surface area contributed by atoms with Crippen LogP contribution >= 0.6 is 0 Å². The Bertz CT molecular complexity index is 2400. The maximum absolute atomic E-state index is 5.07. The zero-order valence-corrected chi connectivity index (χ0v) is 33.1. The minimum absolute atomic E-state index is 0.112. The summed E-state index contributed by atoms with van der Waals surface area (Å²) in [6, 6.07) is 21.8. The first-order chi connectivity index (χ1) is 28.0. The van der Waals surface area contributed by atoms with Crippen molar-refractivity contribution in [1.29, 1.82) is 0 Å². The fourth-order valence-corrected chi connectivity index (χ4v) is 7.64. The first kappa shape index (κ1) is 38.8. The number of aromatic nitrogens is 5. The van der Waals surface area contributed by atoms with Crippen LogP contribution in [0.1, 0.15) is 88.6 Å². The molecule has 7 rings (SSSR count). The van der Waals surface area contributed by atoms with E-state index in [1.807, 2.05) is 61.5 Å². The van der Waals surface area contributed by atoms with E-state index in [9.17, 15) is 0 Å². The zero-order valence-electron chi connectivity index (χ0n) is 33.1. The normalized spacial score (nSPS) is 17.3. The number of aliphatic imine (C=N–C) groups is 2. The van der Waals surface area contributed by atoms with Gasteiger partial charge >= 0.3 is 0 Å². The molecule has 284 valence electrons. The summed E-state index contributed by atoms with van der Waals surface area (Å²) in [4.78, 5) is 33.9.